The standard InChI is InChI=1S/C28H22F5N5/c29-22-6-3-5-21(28(31,32)33)25(22)16-9-10-24-20(12-16)26(17-7-8-18(14-34)23(30)13-17)37-27(36-24)38-11-2-1-4-19(35)15-38/h3,5-10,12-13,19H,1-2,4,11,15,35H2/t19-/m1/s1. The minimum atomic E-state index is -4.78. The number of rotatable bonds is 3. The molecule has 10 heteroatoms. The molecule has 194 valence electrons. The number of nitrogens with zero attached hydrogens (tertiary/aromatic N) is 4. The molecule has 0 aliphatic carbocycles. The first-order valence-electron chi connectivity index (χ1n) is 12.0. The lowest BCUT2D eigenvalue weighted by atomic mass is 9.95. The number of fused-ring (bicyclic) bond motifs is 1. The van der Waals surface area contributed by atoms with E-state index in [2.05, 4.69) is 9.97 Å². The molecular weight excluding hydrogens is 501 g/mol. The number of anilines is 1. The van der Waals surface area contributed by atoms with E-state index in [1.54, 1.807) is 6.07 Å². The quantitative estimate of drug-likeness (QED) is 0.312. The zero-order valence-corrected chi connectivity index (χ0v) is 20.1. The summed E-state index contributed by atoms with van der Waals surface area (Å²) in [6.07, 6.45) is -2.10. The molecule has 1 fully saturated rings. The van der Waals surface area contributed by atoms with Gasteiger partial charge in [0.05, 0.1) is 22.3 Å². The van der Waals surface area contributed by atoms with E-state index in [4.69, 9.17) is 11.0 Å². The number of hydrogen-bond donors (Lipinski definition) is 1. The Morgan fingerprint density at radius 1 is 0.947 bits per heavy atom. The first kappa shape index (κ1) is 25.5. The van der Waals surface area contributed by atoms with E-state index in [0.717, 1.165) is 43.5 Å². The molecule has 1 aromatic heterocycles. The number of halogens is 5. The predicted molar refractivity (Wildman–Crippen MR) is 134 cm³/mol. The average molecular weight is 524 g/mol. The van der Waals surface area contributed by atoms with Crippen LogP contribution in [0.15, 0.2) is 54.6 Å². The molecule has 38 heavy (non-hydrogen) atoms. The lowest BCUT2D eigenvalue weighted by molar-refractivity contribution is -0.137. The van der Waals surface area contributed by atoms with Crippen LogP contribution in [0.4, 0.5) is 27.9 Å². The highest BCUT2D eigenvalue weighted by molar-refractivity contribution is 5.96. The number of nitrogens with two attached hydrogens (primary N) is 1. The lowest BCUT2D eigenvalue weighted by Crippen LogP contribution is -2.36. The summed E-state index contributed by atoms with van der Waals surface area (Å²) in [5.74, 6) is -1.44. The highest BCUT2D eigenvalue weighted by Crippen LogP contribution is 2.40. The van der Waals surface area contributed by atoms with Gasteiger partial charge in [-0.15, -0.1) is 0 Å². The van der Waals surface area contributed by atoms with Crippen LogP contribution in [0.1, 0.15) is 30.4 Å². The zero-order valence-electron chi connectivity index (χ0n) is 20.1. The van der Waals surface area contributed by atoms with E-state index in [-0.39, 0.29) is 22.9 Å². The Balaban J connectivity index is 1.75. The number of alkyl halides is 3. The van der Waals surface area contributed by atoms with Crippen molar-refractivity contribution in [3.63, 3.8) is 0 Å². The normalized spacial score (nSPS) is 16.3. The molecule has 0 spiro atoms. The third-order valence-corrected chi connectivity index (χ3v) is 6.65. The van der Waals surface area contributed by atoms with Crippen molar-refractivity contribution < 1.29 is 22.0 Å². The number of benzene rings is 3. The Hall–Kier alpha value is -4.10. The molecule has 0 saturated carbocycles. The van der Waals surface area contributed by atoms with E-state index < -0.39 is 28.9 Å². The van der Waals surface area contributed by atoms with E-state index in [0.29, 0.717) is 35.5 Å². The first-order chi connectivity index (χ1) is 18.2. The van der Waals surface area contributed by atoms with Gasteiger partial charge in [-0.2, -0.15) is 18.4 Å². The third-order valence-electron chi connectivity index (χ3n) is 6.65. The van der Waals surface area contributed by atoms with E-state index in [9.17, 15) is 22.0 Å². The molecular formula is C28H22F5N5. The molecule has 0 radical (unpaired) electrons. The van der Waals surface area contributed by atoms with Crippen LogP contribution in [-0.2, 0) is 6.18 Å². The number of hydrogen-bond acceptors (Lipinski definition) is 5. The molecule has 0 amide bonds. The highest BCUT2D eigenvalue weighted by atomic mass is 19.4. The van der Waals surface area contributed by atoms with Gasteiger partial charge in [-0.3, -0.25) is 0 Å². The molecule has 2 N–H and O–H groups in total. The molecule has 5 rings (SSSR count). The summed E-state index contributed by atoms with van der Waals surface area (Å²) in [4.78, 5) is 11.3. The summed E-state index contributed by atoms with van der Waals surface area (Å²) in [7, 11) is 0. The van der Waals surface area contributed by atoms with Crippen LogP contribution < -0.4 is 10.6 Å². The second-order valence-electron chi connectivity index (χ2n) is 9.27. The lowest BCUT2D eigenvalue weighted by Gasteiger charge is -2.24. The SMILES string of the molecule is N#Cc1ccc(-c2nc(N3CCCC[C@@H](N)C3)nc3ccc(-c4c(F)cccc4C(F)(F)F)cc23)cc1F. The molecule has 0 bridgehead atoms. The van der Waals surface area contributed by atoms with Gasteiger partial charge in [0.15, 0.2) is 0 Å². The first-order valence-corrected chi connectivity index (χ1v) is 12.0. The summed E-state index contributed by atoms with van der Waals surface area (Å²) in [5.41, 5.74) is 5.27. The Bertz CT molecular complexity index is 1560. The molecule has 3 aromatic carbocycles. The topological polar surface area (TPSA) is 78.8 Å². The largest absolute Gasteiger partial charge is 0.417 e. The molecule has 1 atom stereocenters. The molecule has 1 aliphatic rings. The summed E-state index contributed by atoms with van der Waals surface area (Å²) in [5, 5.41) is 9.45. The van der Waals surface area contributed by atoms with Gasteiger partial charge in [-0.1, -0.05) is 24.6 Å². The van der Waals surface area contributed by atoms with Crippen molar-refractivity contribution in [2.45, 2.75) is 31.5 Å². The predicted octanol–water partition coefficient (Wildman–Crippen LogP) is 6.45. The zero-order chi connectivity index (χ0) is 27.0. The highest BCUT2D eigenvalue weighted by Gasteiger charge is 2.35. The van der Waals surface area contributed by atoms with Gasteiger partial charge in [0.2, 0.25) is 5.95 Å². The van der Waals surface area contributed by atoms with E-state index >= 15 is 0 Å². The Morgan fingerprint density at radius 3 is 2.47 bits per heavy atom. The minimum Gasteiger partial charge on any atom is -0.339 e. The molecule has 1 saturated heterocycles. The van der Waals surface area contributed by atoms with Crippen molar-refractivity contribution >= 4 is 16.9 Å². The maximum Gasteiger partial charge on any atom is 0.417 e. The number of nitriles is 1. The van der Waals surface area contributed by atoms with Crippen molar-refractivity contribution in [1.29, 1.82) is 5.26 Å². The summed E-state index contributed by atoms with van der Waals surface area (Å²) in [6, 6.07) is 12.7. The van der Waals surface area contributed by atoms with Crippen LogP contribution >= 0.6 is 0 Å². The fourth-order valence-corrected chi connectivity index (χ4v) is 4.80. The Kier molecular flexibility index (Phi) is 6.71. The molecule has 1 aliphatic heterocycles. The monoisotopic (exact) mass is 523 g/mol. The van der Waals surface area contributed by atoms with Crippen LogP contribution in [0.2, 0.25) is 0 Å². The van der Waals surface area contributed by atoms with Crippen LogP contribution in [0.3, 0.4) is 0 Å². The van der Waals surface area contributed by atoms with Crippen LogP contribution in [0.25, 0.3) is 33.3 Å². The van der Waals surface area contributed by atoms with Crippen molar-refractivity contribution in [1.82, 2.24) is 9.97 Å². The second kappa shape index (κ2) is 9.99. The summed E-state index contributed by atoms with van der Waals surface area (Å²) < 4.78 is 70.6. The fraction of sp³-hybridized carbons (Fsp3) is 0.250. The number of aromatic nitrogens is 2. The van der Waals surface area contributed by atoms with E-state index in [1.165, 1.54) is 30.3 Å². The van der Waals surface area contributed by atoms with Gasteiger partial charge in [-0.25, -0.2) is 18.7 Å². The smallest absolute Gasteiger partial charge is 0.339 e. The Labute approximate surface area is 215 Å². The van der Waals surface area contributed by atoms with Gasteiger partial charge in [0.25, 0.3) is 0 Å². The molecule has 0 unspecified atom stereocenters. The molecule has 4 aromatic rings. The van der Waals surface area contributed by atoms with Crippen molar-refractivity contribution in [2.24, 2.45) is 5.73 Å². The van der Waals surface area contributed by atoms with Gasteiger partial charge in [0.1, 0.15) is 17.7 Å². The minimum absolute atomic E-state index is 0.0218. The van der Waals surface area contributed by atoms with Crippen LogP contribution in [0, 0.1) is 23.0 Å². The summed E-state index contributed by atoms with van der Waals surface area (Å²) in [6.45, 7) is 1.16. The summed E-state index contributed by atoms with van der Waals surface area (Å²) >= 11 is 0. The third kappa shape index (κ3) is 4.89. The van der Waals surface area contributed by atoms with Crippen molar-refractivity contribution in [3.05, 3.63) is 77.4 Å². The average Bonchev–Trinajstić information content (AvgIpc) is 3.11. The van der Waals surface area contributed by atoms with Gasteiger partial charge < -0.3 is 10.6 Å². The van der Waals surface area contributed by atoms with Gasteiger partial charge >= 0.3 is 6.18 Å². The van der Waals surface area contributed by atoms with Crippen LogP contribution in [0.5, 0.6) is 0 Å². The van der Waals surface area contributed by atoms with Crippen LogP contribution in [-0.4, -0.2) is 29.1 Å². The maximum absolute atomic E-state index is 14.8. The fourth-order valence-electron chi connectivity index (χ4n) is 4.80. The molecule has 5 nitrogen and oxygen atoms in total. The Morgan fingerprint density at radius 2 is 1.74 bits per heavy atom. The van der Waals surface area contributed by atoms with Gasteiger partial charge in [0, 0.05) is 35.6 Å². The van der Waals surface area contributed by atoms with Crippen molar-refractivity contribution in [3.8, 4) is 28.5 Å². The maximum atomic E-state index is 14.8. The van der Waals surface area contributed by atoms with Gasteiger partial charge in [-0.05, 0) is 54.8 Å². The van der Waals surface area contributed by atoms with Crippen molar-refractivity contribution in [2.75, 3.05) is 18.0 Å². The molecule has 2 heterocycles. The second-order valence-corrected chi connectivity index (χ2v) is 9.27. The van der Waals surface area contributed by atoms with E-state index in [1.807, 2.05) is 4.90 Å².